The molecule has 0 spiro atoms. The summed E-state index contributed by atoms with van der Waals surface area (Å²) in [6.45, 7) is 7.73. The Balaban J connectivity index is 1.33. The lowest BCUT2D eigenvalue weighted by molar-refractivity contribution is 0.00148. The molecule has 4 heterocycles. The lowest BCUT2D eigenvalue weighted by atomic mass is 9.68. The summed E-state index contributed by atoms with van der Waals surface area (Å²) in [4.78, 5) is 18.8. The van der Waals surface area contributed by atoms with Crippen molar-refractivity contribution in [2.45, 2.75) is 70.5 Å². The Hall–Kier alpha value is -2.07. The Kier molecular flexibility index (Phi) is 4.75. The molecule has 2 aromatic rings. The van der Waals surface area contributed by atoms with Gasteiger partial charge in [0.25, 0.3) is 5.91 Å². The normalized spacial score (nSPS) is 30.8. The van der Waals surface area contributed by atoms with Crippen molar-refractivity contribution >= 4 is 16.8 Å². The van der Waals surface area contributed by atoms with Crippen LogP contribution in [0.1, 0.15) is 68.8 Å². The van der Waals surface area contributed by atoms with Crippen LogP contribution in [0.3, 0.4) is 0 Å². The maximum Gasteiger partial charge on any atom is 0.254 e. The number of aromatic nitrogens is 1. The Morgan fingerprint density at radius 3 is 2.87 bits per heavy atom. The van der Waals surface area contributed by atoms with Gasteiger partial charge in [0, 0.05) is 42.5 Å². The van der Waals surface area contributed by atoms with E-state index < -0.39 is 0 Å². The minimum absolute atomic E-state index is 0.230. The summed E-state index contributed by atoms with van der Waals surface area (Å²) >= 11 is 0. The highest BCUT2D eigenvalue weighted by Gasteiger charge is 2.47. The number of piperidine rings is 3. The van der Waals surface area contributed by atoms with Gasteiger partial charge in [-0.2, -0.15) is 0 Å². The van der Waals surface area contributed by atoms with Crippen LogP contribution >= 0.6 is 0 Å². The topological polar surface area (TPSA) is 28.5 Å². The SMILES string of the molecule is CC(C)n1ccc2ccc(C(=O)N3CCCC4=C[C@H]5C[C@H](CN6CCCC[C@H]56)[C@H]43)cc21. The largest absolute Gasteiger partial charge is 0.345 e. The molecule has 4 atom stereocenters. The highest BCUT2D eigenvalue weighted by molar-refractivity contribution is 5.98. The van der Waals surface area contributed by atoms with Crippen molar-refractivity contribution in [3.8, 4) is 0 Å². The predicted octanol–water partition coefficient (Wildman–Crippen LogP) is 5.26. The third kappa shape index (κ3) is 3.17. The van der Waals surface area contributed by atoms with E-state index >= 15 is 0 Å². The molecule has 2 bridgehead atoms. The van der Waals surface area contributed by atoms with Crippen molar-refractivity contribution in [1.29, 1.82) is 0 Å². The summed E-state index contributed by atoms with van der Waals surface area (Å²) in [7, 11) is 0. The molecule has 0 N–H and O–H groups in total. The summed E-state index contributed by atoms with van der Waals surface area (Å²) in [6, 6.07) is 9.91. The molecule has 31 heavy (non-hydrogen) atoms. The zero-order valence-corrected chi connectivity index (χ0v) is 19.0. The van der Waals surface area contributed by atoms with Crippen LogP contribution in [0.25, 0.3) is 10.9 Å². The van der Waals surface area contributed by atoms with Gasteiger partial charge in [-0.15, -0.1) is 0 Å². The summed E-state index contributed by atoms with van der Waals surface area (Å²) in [5.41, 5.74) is 3.59. The van der Waals surface area contributed by atoms with E-state index in [1.807, 2.05) is 6.07 Å². The van der Waals surface area contributed by atoms with Gasteiger partial charge >= 0.3 is 0 Å². The van der Waals surface area contributed by atoms with Crippen molar-refractivity contribution in [3.63, 3.8) is 0 Å². The van der Waals surface area contributed by atoms with Gasteiger partial charge in [0.2, 0.25) is 0 Å². The summed E-state index contributed by atoms with van der Waals surface area (Å²) in [6.07, 6.45) is 12.4. The smallest absolute Gasteiger partial charge is 0.254 e. The Bertz CT molecular complexity index is 1030. The number of hydrogen-bond donors (Lipinski definition) is 0. The molecule has 164 valence electrons. The van der Waals surface area contributed by atoms with Gasteiger partial charge in [0.15, 0.2) is 0 Å². The van der Waals surface area contributed by atoms with Crippen LogP contribution in [0, 0.1) is 11.8 Å². The van der Waals surface area contributed by atoms with Crippen molar-refractivity contribution in [2.75, 3.05) is 19.6 Å². The number of likely N-dealkylation sites (tertiary alicyclic amines) is 1. The van der Waals surface area contributed by atoms with Gasteiger partial charge in [0.1, 0.15) is 0 Å². The van der Waals surface area contributed by atoms with Crippen LogP contribution in [0.2, 0.25) is 0 Å². The first kappa shape index (κ1) is 19.6. The minimum Gasteiger partial charge on any atom is -0.345 e. The molecule has 1 aliphatic carbocycles. The quantitative estimate of drug-likeness (QED) is 0.624. The van der Waals surface area contributed by atoms with E-state index in [0.29, 0.717) is 23.9 Å². The zero-order chi connectivity index (χ0) is 21.1. The molecule has 3 fully saturated rings. The van der Waals surface area contributed by atoms with E-state index in [9.17, 15) is 4.79 Å². The van der Waals surface area contributed by atoms with E-state index in [0.717, 1.165) is 24.6 Å². The lowest BCUT2D eigenvalue weighted by Crippen LogP contribution is -2.60. The average Bonchev–Trinajstić information content (AvgIpc) is 3.22. The number of carbonyl (C=O) groups excluding carboxylic acids is 1. The Labute approximate surface area is 185 Å². The second-order valence-electron chi connectivity index (χ2n) is 10.6. The summed E-state index contributed by atoms with van der Waals surface area (Å²) in [5, 5.41) is 1.22. The lowest BCUT2D eigenvalue weighted by Gasteiger charge is -2.54. The number of carbonyl (C=O) groups is 1. The molecule has 1 amide bonds. The molecule has 1 aromatic heterocycles. The monoisotopic (exact) mass is 417 g/mol. The fourth-order valence-corrected chi connectivity index (χ4v) is 7.10. The second-order valence-corrected chi connectivity index (χ2v) is 10.6. The summed E-state index contributed by atoms with van der Waals surface area (Å²) < 4.78 is 2.27. The van der Waals surface area contributed by atoms with Crippen LogP contribution in [0.15, 0.2) is 42.1 Å². The van der Waals surface area contributed by atoms with E-state index in [1.165, 1.54) is 56.1 Å². The first-order valence-corrected chi connectivity index (χ1v) is 12.5. The number of amides is 1. The fourth-order valence-electron chi connectivity index (χ4n) is 7.10. The van der Waals surface area contributed by atoms with Gasteiger partial charge < -0.3 is 9.47 Å². The van der Waals surface area contributed by atoms with Gasteiger partial charge in [0.05, 0.1) is 6.04 Å². The second kappa shape index (κ2) is 7.51. The third-order valence-corrected chi connectivity index (χ3v) is 8.44. The number of benzene rings is 1. The Morgan fingerprint density at radius 2 is 2.00 bits per heavy atom. The van der Waals surface area contributed by atoms with Crippen LogP contribution in [-0.2, 0) is 0 Å². The van der Waals surface area contributed by atoms with E-state index in [1.54, 1.807) is 5.57 Å². The van der Waals surface area contributed by atoms with E-state index in [4.69, 9.17) is 0 Å². The van der Waals surface area contributed by atoms with Gasteiger partial charge in [-0.25, -0.2) is 0 Å². The first-order valence-electron chi connectivity index (χ1n) is 12.5. The van der Waals surface area contributed by atoms with Crippen LogP contribution in [0.4, 0.5) is 0 Å². The molecule has 3 aliphatic heterocycles. The molecule has 4 heteroatoms. The Morgan fingerprint density at radius 1 is 1.10 bits per heavy atom. The predicted molar refractivity (Wildman–Crippen MR) is 125 cm³/mol. The van der Waals surface area contributed by atoms with Crippen LogP contribution < -0.4 is 0 Å². The molecule has 6 rings (SSSR count). The van der Waals surface area contributed by atoms with E-state index in [2.05, 4.69) is 58.7 Å². The molecule has 0 unspecified atom stereocenters. The van der Waals surface area contributed by atoms with Crippen molar-refractivity contribution in [2.24, 2.45) is 11.8 Å². The molecular weight excluding hydrogens is 382 g/mol. The molecule has 0 saturated carbocycles. The zero-order valence-electron chi connectivity index (χ0n) is 19.0. The molecule has 1 aromatic carbocycles. The van der Waals surface area contributed by atoms with Crippen molar-refractivity contribution in [1.82, 2.24) is 14.4 Å². The molecule has 4 aliphatic rings. The van der Waals surface area contributed by atoms with E-state index in [-0.39, 0.29) is 5.91 Å². The standard InChI is InChI=1S/C27H35N3O/c1-18(2)29-13-10-19-8-9-21(16-25(19)29)27(31)30-12-5-6-20-14-22-15-23(26(20)30)17-28-11-4-3-7-24(22)28/h8-10,13-14,16,18,22-24,26H,3-7,11-12,15,17H2,1-2H3/t22-,23+,24+,26-/m0/s1. The molecule has 3 saturated heterocycles. The maximum absolute atomic E-state index is 13.8. The van der Waals surface area contributed by atoms with Crippen LogP contribution in [-0.4, -0.2) is 52.0 Å². The highest BCUT2D eigenvalue weighted by Crippen LogP contribution is 2.45. The number of hydrogen-bond acceptors (Lipinski definition) is 2. The average molecular weight is 418 g/mol. The van der Waals surface area contributed by atoms with Gasteiger partial charge in [-0.3, -0.25) is 9.69 Å². The van der Waals surface area contributed by atoms with Crippen molar-refractivity contribution in [3.05, 3.63) is 47.7 Å². The minimum atomic E-state index is 0.230. The van der Waals surface area contributed by atoms with Gasteiger partial charge in [-0.05, 0) is 87.9 Å². The fraction of sp³-hybridized carbons (Fsp3) is 0.593. The number of nitrogens with zero attached hydrogens (tertiary/aromatic N) is 3. The summed E-state index contributed by atoms with van der Waals surface area (Å²) in [5.74, 6) is 1.55. The van der Waals surface area contributed by atoms with Crippen LogP contribution in [0.5, 0.6) is 0 Å². The van der Waals surface area contributed by atoms with Gasteiger partial charge in [-0.1, -0.05) is 24.1 Å². The number of rotatable bonds is 2. The molecule has 4 nitrogen and oxygen atoms in total. The number of fused-ring (bicyclic) bond motifs is 7. The maximum atomic E-state index is 13.8. The molecular formula is C27H35N3O. The molecule has 0 radical (unpaired) electrons. The third-order valence-electron chi connectivity index (χ3n) is 8.44. The van der Waals surface area contributed by atoms with Crippen molar-refractivity contribution < 1.29 is 4.79 Å². The highest BCUT2D eigenvalue weighted by atomic mass is 16.2. The first-order chi connectivity index (χ1) is 15.1.